The van der Waals surface area contributed by atoms with Crippen LogP contribution in [0.5, 0.6) is 0 Å². The zero-order valence-electron chi connectivity index (χ0n) is 8.88. The predicted molar refractivity (Wildman–Crippen MR) is 62.9 cm³/mol. The minimum absolute atomic E-state index is 0.0555. The van der Waals surface area contributed by atoms with Crippen LogP contribution in [0.1, 0.15) is 22.8 Å². The fourth-order valence-corrected chi connectivity index (χ4v) is 1.76. The van der Waals surface area contributed by atoms with Crippen LogP contribution in [0.2, 0.25) is 0 Å². The first-order valence-electron chi connectivity index (χ1n) is 5.24. The van der Waals surface area contributed by atoms with Crippen molar-refractivity contribution in [1.29, 1.82) is 0 Å². The first-order chi connectivity index (χ1) is 7.83. The Hall–Kier alpha value is -1.64. The van der Waals surface area contributed by atoms with Gasteiger partial charge in [-0.25, -0.2) is 0 Å². The summed E-state index contributed by atoms with van der Waals surface area (Å²) in [5.74, 6) is 0. The Morgan fingerprint density at radius 3 is 2.19 bits per heavy atom. The minimum atomic E-state index is -0.676. The lowest BCUT2D eigenvalue weighted by molar-refractivity contribution is 0.213. The fourth-order valence-electron chi connectivity index (χ4n) is 1.76. The Balaban J connectivity index is 2.37. The van der Waals surface area contributed by atoms with Gasteiger partial charge in [-0.3, -0.25) is 0 Å². The minimum Gasteiger partial charge on any atom is -0.392 e. The highest BCUT2D eigenvalue weighted by molar-refractivity contribution is 5.35. The molecule has 0 amide bonds. The van der Waals surface area contributed by atoms with Gasteiger partial charge in [-0.15, -0.1) is 0 Å². The molecular weight excluding hydrogens is 200 g/mol. The standard InChI is InChI=1S/C14H14O2/c15-10-12-8-4-5-9-13(12)14(16)11-6-2-1-3-7-11/h1-9,14-16H,10H2/t14-/m0/s1. The second-order valence-corrected chi connectivity index (χ2v) is 3.67. The third-order valence-corrected chi connectivity index (χ3v) is 2.64. The molecule has 2 aromatic rings. The molecule has 2 nitrogen and oxygen atoms in total. The lowest BCUT2D eigenvalue weighted by atomic mass is 9.97. The molecule has 1 atom stereocenters. The van der Waals surface area contributed by atoms with E-state index < -0.39 is 6.10 Å². The highest BCUT2D eigenvalue weighted by Gasteiger charge is 2.12. The van der Waals surface area contributed by atoms with E-state index in [1.807, 2.05) is 54.6 Å². The molecule has 0 aliphatic carbocycles. The van der Waals surface area contributed by atoms with Crippen LogP contribution in [0.25, 0.3) is 0 Å². The molecule has 0 radical (unpaired) electrons. The molecule has 0 aliphatic heterocycles. The van der Waals surface area contributed by atoms with Crippen LogP contribution in [0.4, 0.5) is 0 Å². The highest BCUT2D eigenvalue weighted by atomic mass is 16.3. The van der Waals surface area contributed by atoms with Gasteiger partial charge in [0.15, 0.2) is 0 Å². The molecule has 0 fully saturated rings. The van der Waals surface area contributed by atoms with Crippen LogP contribution in [0, 0.1) is 0 Å². The summed E-state index contributed by atoms with van der Waals surface area (Å²) in [5, 5.41) is 19.4. The zero-order chi connectivity index (χ0) is 11.4. The molecule has 0 bridgehead atoms. The Labute approximate surface area is 94.8 Å². The molecule has 0 aromatic heterocycles. The Bertz CT molecular complexity index is 451. The van der Waals surface area contributed by atoms with Crippen molar-refractivity contribution in [1.82, 2.24) is 0 Å². The number of aliphatic hydroxyl groups excluding tert-OH is 2. The molecule has 0 saturated carbocycles. The smallest absolute Gasteiger partial charge is 0.104 e. The summed E-state index contributed by atoms with van der Waals surface area (Å²) >= 11 is 0. The van der Waals surface area contributed by atoms with Crippen LogP contribution in [0.3, 0.4) is 0 Å². The van der Waals surface area contributed by atoms with Gasteiger partial charge in [0, 0.05) is 0 Å². The van der Waals surface area contributed by atoms with Crippen LogP contribution in [-0.2, 0) is 6.61 Å². The molecule has 0 heterocycles. The Morgan fingerprint density at radius 2 is 1.50 bits per heavy atom. The maximum atomic E-state index is 10.2. The maximum Gasteiger partial charge on any atom is 0.104 e. The van der Waals surface area contributed by atoms with Gasteiger partial charge in [0.05, 0.1) is 6.61 Å². The molecule has 0 unspecified atom stereocenters. The average molecular weight is 214 g/mol. The quantitative estimate of drug-likeness (QED) is 0.822. The second kappa shape index (κ2) is 4.92. The SMILES string of the molecule is OCc1ccccc1[C@@H](O)c1ccccc1. The first-order valence-corrected chi connectivity index (χ1v) is 5.24. The van der Waals surface area contributed by atoms with Gasteiger partial charge in [-0.1, -0.05) is 54.6 Å². The van der Waals surface area contributed by atoms with E-state index in [-0.39, 0.29) is 6.61 Å². The second-order valence-electron chi connectivity index (χ2n) is 3.67. The van der Waals surface area contributed by atoms with E-state index in [0.717, 1.165) is 16.7 Å². The van der Waals surface area contributed by atoms with Gasteiger partial charge in [-0.2, -0.15) is 0 Å². The largest absolute Gasteiger partial charge is 0.392 e. The Kier molecular flexibility index (Phi) is 3.34. The van der Waals surface area contributed by atoms with Crippen LogP contribution < -0.4 is 0 Å². The third-order valence-electron chi connectivity index (χ3n) is 2.64. The average Bonchev–Trinajstić information content (AvgIpc) is 2.39. The summed E-state index contributed by atoms with van der Waals surface area (Å²) in [6.45, 7) is -0.0555. The number of benzene rings is 2. The van der Waals surface area contributed by atoms with Crippen molar-refractivity contribution in [3.8, 4) is 0 Å². The van der Waals surface area contributed by atoms with E-state index in [9.17, 15) is 10.2 Å². The maximum absolute atomic E-state index is 10.2. The molecule has 82 valence electrons. The first kappa shape index (κ1) is 10.9. The van der Waals surface area contributed by atoms with Gasteiger partial charge in [0.25, 0.3) is 0 Å². The number of hydrogen-bond donors (Lipinski definition) is 2. The van der Waals surface area contributed by atoms with Crippen LogP contribution in [0.15, 0.2) is 54.6 Å². The van der Waals surface area contributed by atoms with E-state index in [1.165, 1.54) is 0 Å². The molecule has 2 rings (SSSR count). The Morgan fingerprint density at radius 1 is 0.875 bits per heavy atom. The highest BCUT2D eigenvalue weighted by Crippen LogP contribution is 2.24. The molecular formula is C14H14O2. The van der Waals surface area contributed by atoms with Crippen LogP contribution in [-0.4, -0.2) is 10.2 Å². The lowest BCUT2D eigenvalue weighted by Crippen LogP contribution is -2.03. The van der Waals surface area contributed by atoms with Crippen molar-refractivity contribution in [3.63, 3.8) is 0 Å². The van der Waals surface area contributed by atoms with Crippen molar-refractivity contribution in [2.24, 2.45) is 0 Å². The van der Waals surface area contributed by atoms with Crippen molar-refractivity contribution in [2.75, 3.05) is 0 Å². The van der Waals surface area contributed by atoms with Gasteiger partial charge in [0.1, 0.15) is 6.10 Å². The summed E-state index contributed by atoms with van der Waals surface area (Å²) < 4.78 is 0. The van der Waals surface area contributed by atoms with E-state index in [4.69, 9.17) is 0 Å². The molecule has 16 heavy (non-hydrogen) atoms. The van der Waals surface area contributed by atoms with Crippen molar-refractivity contribution >= 4 is 0 Å². The van der Waals surface area contributed by atoms with Crippen LogP contribution >= 0.6 is 0 Å². The normalized spacial score (nSPS) is 12.4. The number of hydrogen-bond acceptors (Lipinski definition) is 2. The predicted octanol–water partition coefficient (Wildman–Crippen LogP) is 2.26. The zero-order valence-corrected chi connectivity index (χ0v) is 8.88. The van der Waals surface area contributed by atoms with E-state index in [1.54, 1.807) is 0 Å². The molecule has 0 aliphatic rings. The topological polar surface area (TPSA) is 40.5 Å². The van der Waals surface area contributed by atoms with Crippen molar-refractivity contribution in [2.45, 2.75) is 12.7 Å². The number of rotatable bonds is 3. The van der Waals surface area contributed by atoms with Gasteiger partial charge < -0.3 is 10.2 Å². The van der Waals surface area contributed by atoms with Gasteiger partial charge in [0.2, 0.25) is 0 Å². The van der Waals surface area contributed by atoms with E-state index in [0.29, 0.717) is 0 Å². The van der Waals surface area contributed by atoms with Gasteiger partial charge >= 0.3 is 0 Å². The molecule has 0 spiro atoms. The van der Waals surface area contributed by atoms with Gasteiger partial charge in [-0.05, 0) is 16.7 Å². The van der Waals surface area contributed by atoms with E-state index >= 15 is 0 Å². The molecule has 2 aromatic carbocycles. The molecule has 2 N–H and O–H groups in total. The summed E-state index contributed by atoms with van der Waals surface area (Å²) in [7, 11) is 0. The van der Waals surface area contributed by atoms with Crippen molar-refractivity contribution in [3.05, 3.63) is 71.3 Å². The van der Waals surface area contributed by atoms with E-state index in [2.05, 4.69) is 0 Å². The summed E-state index contributed by atoms with van der Waals surface area (Å²) in [6, 6.07) is 16.8. The molecule has 2 heteroatoms. The van der Waals surface area contributed by atoms with Crippen molar-refractivity contribution < 1.29 is 10.2 Å². The fraction of sp³-hybridized carbons (Fsp3) is 0.143. The lowest BCUT2D eigenvalue weighted by Gasteiger charge is -2.14. The number of aliphatic hydroxyl groups is 2. The summed E-state index contributed by atoms with van der Waals surface area (Å²) in [6.07, 6.45) is -0.676. The summed E-state index contributed by atoms with van der Waals surface area (Å²) in [4.78, 5) is 0. The summed E-state index contributed by atoms with van der Waals surface area (Å²) in [5.41, 5.74) is 2.36. The molecule has 0 saturated heterocycles. The monoisotopic (exact) mass is 214 g/mol. The third kappa shape index (κ3) is 2.13.